The summed E-state index contributed by atoms with van der Waals surface area (Å²) in [4.78, 5) is 37.9. The Hall–Kier alpha value is -1.75. The molecule has 1 atom stereocenters. The molecule has 0 saturated carbocycles. The molecule has 1 heterocycles. The van der Waals surface area contributed by atoms with Crippen LogP contribution in [-0.2, 0) is 14.3 Å². The molecule has 6 heteroatoms. The minimum atomic E-state index is -1.59. The van der Waals surface area contributed by atoms with Gasteiger partial charge in [0, 0.05) is 6.20 Å². The largest absolute Gasteiger partial charge is 0.460 e. The van der Waals surface area contributed by atoms with Crippen molar-refractivity contribution in [2.75, 3.05) is 6.61 Å². The smallest absolute Gasteiger partial charge is 0.376 e. The van der Waals surface area contributed by atoms with Crippen molar-refractivity contribution >= 4 is 29.1 Å². The van der Waals surface area contributed by atoms with Gasteiger partial charge in [0.1, 0.15) is 5.69 Å². The van der Waals surface area contributed by atoms with Crippen molar-refractivity contribution in [2.45, 2.75) is 12.3 Å². The number of Topliss-reactive ketones (excluding diaryl/α,β-unsaturated/α-hetero) is 2. The van der Waals surface area contributed by atoms with Gasteiger partial charge >= 0.3 is 5.97 Å². The number of nitrogens with zero attached hydrogens (tertiary/aromatic N) is 1. The van der Waals surface area contributed by atoms with Gasteiger partial charge in [0.05, 0.1) is 6.61 Å². The molecule has 0 spiro atoms. The maximum absolute atomic E-state index is 11.7. The van der Waals surface area contributed by atoms with Gasteiger partial charge in [-0.05, 0) is 19.1 Å². The predicted octanol–water partition coefficient (Wildman–Crippen LogP) is 1.00. The van der Waals surface area contributed by atoms with Gasteiger partial charge in [-0.1, -0.05) is 6.07 Å². The number of aromatic nitrogens is 1. The summed E-state index contributed by atoms with van der Waals surface area (Å²) in [6.45, 7) is 1.60. The van der Waals surface area contributed by atoms with E-state index in [1.165, 1.54) is 12.3 Å². The average molecular weight is 256 g/mol. The molecule has 0 N–H and O–H groups in total. The second-order valence-electron chi connectivity index (χ2n) is 3.03. The predicted molar refractivity (Wildman–Crippen MR) is 59.8 cm³/mol. The summed E-state index contributed by atoms with van der Waals surface area (Å²) in [5.41, 5.74) is 0.0325. The molecule has 0 aliphatic carbocycles. The van der Waals surface area contributed by atoms with Gasteiger partial charge in [-0.3, -0.25) is 14.6 Å². The molecule has 1 unspecified atom stereocenters. The number of alkyl halides is 1. The summed E-state index contributed by atoms with van der Waals surface area (Å²) < 4.78 is 4.47. The fraction of sp³-hybridized carbons (Fsp3) is 0.273. The normalized spacial score (nSPS) is 11.6. The van der Waals surface area contributed by atoms with E-state index < -0.39 is 22.9 Å². The van der Waals surface area contributed by atoms with Crippen molar-refractivity contribution in [3.63, 3.8) is 0 Å². The zero-order valence-corrected chi connectivity index (χ0v) is 9.81. The summed E-state index contributed by atoms with van der Waals surface area (Å²) >= 11 is 5.61. The summed E-state index contributed by atoms with van der Waals surface area (Å²) in [6.07, 6.45) is 1.39. The minimum absolute atomic E-state index is 0.0325. The van der Waals surface area contributed by atoms with Crippen LogP contribution in [0.5, 0.6) is 0 Å². The van der Waals surface area contributed by atoms with E-state index in [2.05, 4.69) is 9.72 Å². The Morgan fingerprint density at radius 2 is 2.12 bits per heavy atom. The van der Waals surface area contributed by atoms with Crippen LogP contribution in [0.15, 0.2) is 24.4 Å². The monoisotopic (exact) mass is 255 g/mol. The number of rotatable bonds is 5. The van der Waals surface area contributed by atoms with E-state index in [0.29, 0.717) is 0 Å². The number of hydrogen-bond acceptors (Lipinski definition) is 5. The van der Waals surface area contributed by atoms with Crippen molar-refractivity contribution < 1.29 is 19.1 Å². The number of halogens is 1. The molecule has 0 bridgehead atoms. The van der Waals surface area contributed by atoms with E-state index in [1.54, 1.807) is 19.1 Å². The maximum Gasteiger partial charge on any atom is 0.376 e. The lowest BCUT2D eigenvalue weighted by atomic mass is 10.1. The Labute approximate surface area is 103 Å². The number of carbonyl (C=O) groups is 3. The van der Waals surface area contributed by atoms with Crippen molar-refractivity contribution in [3.8, 4) is 0 Å². The maximum atomic E-state index is 11.7. The van der Waals surface area contributed by atoms with Crippen LogP contribution in [0.25, 0.3) is 0 Å². The Bertz CT molecular complexity index is 432. The number of ketones is 2. The fourth-order valence-corrected chi connectivity index (χ4v) is 1.26. The van der Waals surface area contributed by atoms with Gasteiger partial charge in [0.15, 0.2) is 5.38 Å². The van der Waals surface area contributed by atoms with E-state index in [1.807, 2.05) is 0 Å². The molecule has 1 aromatic rings. The molecule has 90 valence electrons. The standard InChI is InChI=1S/C11H10ClNO4/c1-2-17-11(16)10(15)8(12)9(14)7-5-3-4-6-13-7/h3-6,8H,2H2,1H3. The number of ether oxygens (including phenoxy) is 1. The molecule has 1 aromatic heterocycles. The summed E-state index contributed by atoms with van der Waals surface area (Å²) in [6, 6.07) is 4.61. The number of carbonyl (C=O) groups excluding carboxylic acids is 3. The molecular formula is C11H10ClNO4. The van der Waals surface area contributed by atoms with Gasteiger partial charge in [-0.25, -0.2) is 4.79 Å². The molecule has 0 aromatic carbocycles. The van der Waals surface area contributed by atoms with Crippen LogP contribution in [0, 0.1) is 0 Å². The van der Waals surface area contributed by atoms with E-state index in [9.17, 15) is 14.4 Å². The van der Waals surface area contributed by atoms with Crippen LogP contribution in [0.3, 0.4) is 0 Å². The van der Waals surface area contributed by atoms with Gasteiger partial charge in [0.2, 0.25) is 5.78 Å². The molecule has 0 radical (unpaired) electrons. The van der Waals surface area contributed by atoms with Crippen molar-refractivity contribution in [1.29, 1.82) is 0 Å². The quantitative estimate of drug-likeness (QED) is 0.258. The van der Waals surface area contributed by atoms with Crippen LogP contribution in [0.1, 0.15) is 17.4 Å². The second-order valence-corrected chi connectivity index (χ2v) is 3.46. The SMILES string of the molecule is CCOC(=O)C(=O)C(Cl)C(=O)c1ccccn1. The van der Waals surface area contributed by atoms with E-state index in [0.717, 1.165) is 0 Å². The first kappa shape index (κ1) is 13.3. The lowest BCUT2D eigenvalue weighted by Crippen LogP contribution is -2.32. The van der Waals surface area contributed by atoms with Crippen LogP contribution in [0.2, 0.25) is 0 Å². The van der Waals surface area contributed by atoms with E-state index in [4.69, 9.17) is 11.6 Å². The van der Waals surface area contributed by atoms with Crippen LogP contribution >= 0.6 is 11.6 Å². The Morgan fingerprint density at radius 3 is 2.65 bits per heavy atom. The highest BCUT2D eigenvalue weighted by Gasteiger charge is 2.31. The van der Waals surface area contributed by atoms with Crippen LogP contribution < -0.4 is 0 Å². The summed E-state index contributed by atoms with van der Waals surface area (Å²) in [5.74, 6) is -2.91. The zero-order valence-electron chi connectivity index (χ0n) is 9.05. The molecular weight excluding hydrogens is 246 g/mol. The zero-order chi connectivity index (χ0) is 12.8. The highest BCUT2D eigenvalue weighted by Crippen LogP contribution is 2.08. The first-order valence-electron chi connectivity index (χ1n) is 4.88. The van der Waals surface area contributed by atoms with Crippen LogP contribution in [-0.4, -0.2) is 34.5 Å². The van der Waals surface area contributed by atoms with Gasteiger partial charge in [-0.2, -0.15) is 0 Å². The second kappa shape index (κ2) is 6.10. The van der Waals surface area contributed by atoms with Crippen molar-refractivity contribution in [1.82, 2.24) is 4.98 Å². The Balaban J connectivity index is 2.77. The van der Waals surface area contributed by atoms with E-state index in [-0.39, 0.29) is 12.3 Å². The molecule has 0 amide bonds. The Morgan fingerprint density at radius 1 is 1.41 bits per heavy atom. The average Bonchev–Trinajstić information content (AvgIpc) is 2.37. The lowest BCUT2D eigenvalue weighted by Gasteiger charge is -2.06. The highest BCUT2D eigenvalue weighted by molar-refractivity contribution is 6.55. The van der Waals surface area contributed by atoms with Gasteiger partial charge in [0.25, 0.3) is 5.78 Å². The molecule has 0 fully saturated rings. The minimum Gasteiger partial charge on any atom is -0.460 e. The third-order valence-corrected chi connectivity index (χ3v) is 2.25. The lowest BCUT2D eigenvalue weighted by molar-refractivity contribution is -0.153. The van der Waals surface area contributed by atoms with Crippen molar-refractivity contribution in [2.24, 2.45) is 0 Å². The van der Waals surface area contributed by atoms with E-state index >= 15 is 0 Å². The van der Waals surface area contributed by atoms with Crippen molar-refractivity contribution in [3.05, 3.63) is 30.1 Å². The fourth-order valence-electron chi connectivity index (χ4n) is 1.06. The molecule has 0 aliphatic rings. The number of pyridine rings is 1. The summed E-state index contributed by atoms with van der Waals surface area (Å²) in [7, 11) is 0. The molecule has 17 heavy (non-hydrogen) atoms. The first-order valence-corrected chi connectivity index (χ1v) is 5.31. The topological polar surface area (TPSA) is 73.3 Å². The molecule has 1 rings (SSSR count). The highest BCUT2D eigenvalue weighted by atomic mass is 35.5. The third kappa shape index (κ3) is 3.35. The number of esters is 1. The molecule has 5 nitrogen and oxygen atoms in total. The first-order chi connectivity index (χ1) is 8.07. The Kier molecular flexibility index (Phi) is 4.78. The number of hydrogen-bond donors (Lipinski definition) is 0. The molecule has 0 aliphatic heterocycles. The van der Waals surface area contributed by atoms with Gasteiger partial charge in [-0.15, -0.1) is 11.6 Å². The summed E-state index contributed by atoms with van der Waals surface area (Å²) in [5, 5.41) is -1.59. The molecule has 0 saturated heterocycles. The van der Waals surface area contributed by atoms with Crippen LogP contribution in [0.4, 0.5) is 0 Å². The van der Waals surface area contributed by atoms with Gasteiger partial charge < -0.3 is 4.74 Å². The third-order valence-electron chi connectivity index (χ3n) is 1.85.